The average molecular weight is 381 g/mol. The van der Waals surface area contributed by atoms with Gasteiger partial charge in [0.1, 0.15) is 11.4 Å². The molecule has 1 N–H and O–H groups in total. The Bertz CT molecular complexity index is 921. The molecule has 0 unspecified atom stereocenters. The van der Waals surface area contributed by atoms with Gasteiger partial charge in [-0.3, -0.25) is 9.78 Å². The summed E-state index contributed by atoms with van der Waals surface area (Å²) in [4.78, 5) is 18.7. The van der Waals surface area contributed by atoms with Gasteiger partial charge in [-0.15, -0.1) is 0 Å². The molecule has 7 heteroatoms. The van der Waals surface area contributed by atoms with Gasteiger partial charge in [-0.1, -0.05) is 11.2 Å². The van der Waals surface area contributed by atoms with Gasteiger partial charge in [0.2, 0.25) is 5.76 Å². The summed E-state index contributed by atoms with van der Waals surface area (Å²) in [5.41, 5.74) is 2.45. The van der Waals surface area contributed by atoms with Crippen LogP contribution in [-0.4, -0.2) is 46.8 Å². The van der Waals surface area contributed by atoms with Crippen LogP contribution in [0, 0.1) is 0 Å². The second-order valence-electron chi connectivity index (χ2n) is 6.48. The predicted octanol–water partition coefficient (Wildman–Crippen LogP) is 3.11. The maximum absolute atomic E-state index is 12.9. The number of nitrogens with zero attached hydrogens (tertiary/aromatic N) is 3. The number of aliphatic hydroxyl groups is 1. The quantitative estimate of drug-likeness (QED) is 0.676. The highest BCUT2D eigenvalue weighted by atomic mass is 16.5. The second-order valence-corrected chi connectivity index (χ2v) is 6.48. The molecule has 1 atom stereocenters. The van der Waals surface area contributed by atoms with Crippen molar-refractivity contribution in [3.05, 3.63) is 65.7 Å². The number of likely N-dealkylation sites (N-methyl/N-ethyl adjacent to an activating group) is 1. The topological polar surface area (TPSA) is 88.7 Å². The van der Waals surface area contributed by atoms with E-state index in [2.05, 4.69) is 10.1 Å². The fraction of sp³-hybridized carbons (Fsp3) is 0.286. The van der Waals surface area contributed by atoms with Gasteiger partial charge < -0.3 is 19.3 Å². The summed E-state index contributed by atoms with van der Waals surface area (Å²) in [6.45, 7) is 2.05. The Kier molecular flexibility index (Phi) is 6.06. The lowest BCUT2D eigenvalue weighted by Crippen LogP contribution is -2.29. The lowest BCUT2D eigenvalue weighted by atomic mass is 10.0. The average Bonchev–Trinajstić information content (AvgIpc) is 3.17. The Morgan fingerprint density at radius 1 is 1.25 bits per heavy atom. The maximum Gasteiger partial charge on any atom is 0.292 e. The summed E-state index contributed by atoms with van der Waals surface area (Å²) < 4.78 is 10.5. The molecule has 0 saturated heterocycles. The summed E-state index contributed by atoms with van der Waals surface area (Å²) in [5.74, 6) is 0.417. The van der Waals surface area contributed by atoms with Crippen LogP contribution < -0.4 is 4.74 Å². The van der Waals surface area contributed by atoms with Crippen LogP contribution in [0.3, 0.4) is 0 Å². The first-order valence-electron chi connectivity index (χ1n) is 8.98. The number of carbonyl (C=O) groups excluding carboxylic acids is 1. The molecule has 0 saturated carbocycles. The van der Waals surface area contributed by atoms with Crippen LogP contribution in [0.5, 0.6) is 5.75 Å². The van der Waals surface area contributed by atoms with E-state index in [9.17, 15) is 9.90 Å². The minimum Gasteiger partial charge on any atom is -0.497 e. The third kappa shape index (κ3) is 4.20. The van der Waals surface area contributed by atoms with E-state index in [1.54, 1.807) is 44.3 Å². The number of amides is 1. The lowest BCUT2D eigenvalue weighted by Gasteiger charge is -2.16. The Labute approximate surface area is 163 Å². The molecule has 1 aromatic carbocycles. The molecule has 146 valence electrons. The molecule has 0 aliphatic heterocycles. The van der Waals surface area contributed by atoms with E-state index >= 15 is 0 Å². The number of aliphatic hydroxyl groups excluding tert-OH is 1. The first kappa shape index (κ1) is 19.6. The minimum atomic E-state index is -0.911. The van der Waals surface area contributed by atoms with Crippen molar-refractivity contribution < 1.29 is 19.2 Å². The molecule has 3 rings (SSSR count). The zero-order valence-corrected chi connectivity index (χ0v) is 16.1. The number of hydrogen-bond acceptors (Lipinski definition) is 6. The number of pyridine rings is 1. The number of methoxy groups -OCH3 is 1. The summed E-state index contributed by atoms with van der Waals surface area (Å²) in [7, 11) is 3.27. The molecule has 0 fully saturated rings. The number of hydrogen-bond donors (Lipinski definition) is 1. The SMILES string of the molecule is COc1ccc(-c2noc(C(=O)N(C)CCc3ccccn3)c2[C@H](C)O)cc1. The van der Waals surface area contributed by atoms with E-state index in [1.807, 2.05) is 30.3 Å². The summed E-state index contributed by atoms with van der Waals surface area (Å²) in [6.07, 6.45) is 1.43. The molecule has 2 aromatic heterocycles. The first-order valence-corrected chi connectivity index (χ1v) is 8.98. The largest absolute Gasteiger partial charge is 0.497 e. The van der Waals surface area contributed by atoms with E-state index < -0.39 is 6.10 Å². The van der Waals surface area contributed by atoms with Crippen LogP contribution in [0.25, 0.3) is 11.3 Å². The number of carbonyl (C=O) groups is 1. The number of benzene rings is 1. The molecule has 0 spiro atoms. The molecule has 0 bridgehead atoms. The van der Waals surface area contributed by atoms with Crippen LogP contribution in [0.15, 0.2) is 53.2 Å². The Morgan fingerprint density at radius 3 is 2.61 bits per heavy atom. The normalized spacial score (nSPS) is 11.9. The van der Waals surface area contributed by atoms with Gasteiger partial charge in [0.05, 0.1) is 18.8 Å². The van der Waals surface area contributed by atoms with Crippen LogP contribution in [0.2, 0.25) is 0 Å². The van der Waals surface area contributed by atoms with E-state index in [0.29, 0.717) is 30.0 Å². The molecule has 0 aliphatic rings. The molecule has 3 aromatic rings. The van der Waals surface area contributed by atoms with Crippen molar-refractivity contribution >= 4 is 5.91 Å². The van der Waals surface area contributed by atoms with Crippen molar-refractivity contribution in [2.24, 2.45) is 0 Å². The summed E-state index contributed by atoms with van der Waals surface area (Å²) in [6, 6.07) is 12.9. The zero-order valence-electron chi connectivity index (χ0n) is 16.1. The molecule has 1 amide bonds. The highest BCUT2D eigenvalue weighted by Gasteiger charge is 2.28. The predicted molar refractivity (Wildman–Crippen MR) is 104 cm³/mol. The van der Waals surface area contributed by atoms with Crippen LogP contribution in [-0.2, 0) is 6.42 Å². The third-order valence-corrected chi connectivity index (χ3v) is 4.48. The number of aromatic nitrogens is 2. The van der Waals surface area contributed by atoms with Gasteiger partial charge in [-0.25, -0.2) is 0 Å². The van der Waals surface area contributed by atoms with Gasteiger partial charge in [0.25, 0.3) is 5.91 Å². The Morgan fingerprint density at radius 2 is 2.00 bits per heavy atom. The van der Waals surface area contributed by atoms with E-state index in [0.717, 1.165) is 11.3 Å². The molecular weight excluding hydrogens is 358 g/mol. The zero-order chi connectivity index (χ0) is 20.1. The second kappa shape index (κ2) is 8.67. The molecule has 0 radical (unpaired) electrons. The van der Waals surface area contributed by atoms with Crippen molar-refractivity contribution in [1.29, 1.82) is 0 Å². The highest BCUT2D eigenvalue weighted by molar-refractivity contribution is 5.94. The van der Waals surface area contributed by atoms with Crippen LogP contribution >= 0.6 is 0 Å². The molecule has 7 nitrogen and oxygen atoms in total. The Balaban J connectivity index is 1.82. The standard InChI is InChI=1S/C21H23N3O4/c1-14(25)18-19(15-7-9-17(27-3)10-8-15)23-28-20(18)21(26)24(2)13-11-16-6-4-5-12-22-16/h4-10,12,14,25H,11,13H2,1-3H3/t14-/m0/s1. The fourth-order valence-electron chi connectivity index (χ4n) is 2.90. The van der Waals surface area contributed by atoms with Gasteiger partial charge in [-0.2, -0.15) is 0 Å². The van der Waals surface area contributed by atoms with E-state index in [-0.39, 0.29) is 11.7 Å². The van der Waals surface area contributed by atoms with Crippen molar-refractivity contribution in [2.45, 2.75) is 19.4 Å². The maximum atomic E-state index is 12.9. The molecule has 0 aliphatic carbocycles. The molecule has 28 heavy (non-hydrogen) atoms. The van der Waals surface area contributed by atoms with Gasteiger partial charge in [0.15, 0.2) is 0 Å². The van der Waals surface area contributed by atoms with Crippen molar-refractivity contribution in [1.82, 2.24) is 15.0 Å². The lowest BCUT2D eigenvalue weighted by molar-refractivity contribution is 0.0746. The van der Waals surface area contributed by atoms with E-state index in [4.69, 9.17) is 9.26 Å². The van der Waals surface area contributed by atoms with E-state index in [1.165, 1.54) is 0 Å². The van der Waals surface area contributed by atoms with Gasteiger partial charge in [-0.05, 0) is 43.3 Å². The summed E-state index contributed by atoms with van der Waals surface area (Å²) in [5, 5.41) is 14.3. The third-order valence-electron chi connectivity index (χ3n) is 4.48. The Hall–Kier alpha value is -3.19. The van der Waals surface area contributed by atoms with Gasteiger partial charge >= 0.3 is 0 Å². The van der Waals surface area contributed by atoms with Crippen LogP contribution in [0.1, 0.15) is 34.8 Å². The monoisotopic (exact) mass is 381 g/mol. The molecule has 2 heterocycles. The minimum absolute atomic E-state index is 0.0457. The van der Waals surface area contributed by atoms with Gasteiger partial charge in [0, 0.05) is 37.5 Å². The smallest absolute Gasteiger partial charge is 0.292 e. The first-order chi connectivity index (χ1) is 13.5. The number of ether oxygens (including phenoxy) is 1. The highest BCUT2D eigenvalue weighted by Crippen LogP contribution is 2.32. The number of rotatable bonds is 7. The van der Waals surface area contributed by atoms with Crippen molar-refractivity contribution in [2.75, 3.05) is 20.7 Å². The fourth-order valence-corrected chi connectivity index (χ4v) is 2.90. The van der Waals surface area contributed by atoms with Crippen LogP contribution in [0.4, 0.5) is 0 Å². The molecular formula is C21H23N3O4. The summed E-state index contributed by atoms with van der Waals surface area (Å²) >= 11 is 0. The van der Waals surface area contributed by atoms with Crippen molar-refractivity contribution in [3.8, 4) is 17.0 Å². The van der Waals surface area contributed by atoms with Crippen molar-refractivity contribution in [3.63, 3.8) is 0 Å².